The molecule has 4 N–H and O–H groups in total. The molecule has 3 rings (SSSR count). The maximum absolute atomic E-state index is 14.2. The number of aliphatic imine (C=N–C) groups is 1. The number of hydrogen-bond donors (Lipinski definition) is 2. The Morgan fingerprint density at radius 3 is 2.40 bits per heavy atom. The van der Waals surface area contributed by atoms with E-state index in [1.54, 1.807) is 19.1 Å². The van der Waals surface area contributed by atoms with Crippen molar-refractivity contribution in [1.82, 2.24) is 4.98 Å². The van der Waals surface area contributed by atoms with E-state index in [1.165, 1.54) is 30.3 Å². The van der Waals surface area contributed by atoms with Crippen molar-refractivity contribution in [1.29, 1.82) is 0 Å². The lowest BCUT2D eigenvalue weighted by Gasteiger charge is -2.11. The summed E-state index contributed by atoms with van der Waals surface area (Å²) in [5, 5.41) is 0.422. The molecule has 0 atom stereocenters. The van der Waals surface area contributed by atoms with Crippen molar-refractivity contribution in [3.8, 4) is 11.1 Å². The standard InChI is InChI=1S/C18H14F2N4O/c1-9-7-12(16-13(19)3-2-4-14(16)20)11-8-10(5-6-15(11)23-9)17(25)24-18(21)22/h2-8H,1H3,(H4,21,22,24,25). The van der Waals surface area contributed by atoms with Gasteiger partial charge in [-0.25, -0.2) is 8.78 Å². The molecule has 7 heteroatoms. The lowest BCUT2D eigenvalue weighted by Crippen LogP contribution is -2.24. The SMILES string of the molecule is Cc1cc(-c2c(F)cccc2F)c2cc(C(=O)N=C(N)N)ccc2n1. The van der Waals surface area contributed by atoms with E-state index >= 15 is 0 Å². The molecule has 5 nitrogen and oxygen atoms in total. The van der Waals surface area contributed by atoms with Crippen LogP contribution in [-0.4, -0.2) is 16.9 Å². The second kappa shape index (κ2) is 6.27. The Bertz CT molecular complexity index is 1010. The number of fused-ring (bicyclic) bond motifs is 1. The Morgan fingerprint density at radius 1 is 1.08 bits per heavy atom. The quantitative estimate of drug-likeness (QED) is 0.554. The van der Waals surface area contributed by atoms with Gasteiger partial charge >= 0.3 is 0 Å². The summed E-state index contributed by atoms with van der Waals surface area (Å²) in [6.45, 7) is 1.72. The van der Waals surface area contributed by atoms with Crippen LogP contribution in [0.25, 0.3) is 22.0 Å². The van der Waals surface area contributed by atoms with Gasteiger partial charge in [-0.15, -0.1) is 0 Å². The van der Waals surface area contributed by atoms with Crippen LogP contribution in [-0.2, 0) is 0 Å². The molecule has 0 bridgehead atoms. The number of carbonyl (C=O) groups is 1. The summed E-state index contributed by atoms with van der Waals surface area (Å²) in [5.74, 6) is -2.42. The fraction of sp³-hybridized carbons (Fsp3) is 0.0556. The average molecular weight is 340 g/mol. The van der Waals surface area contributed by atoms with Crippen molar-refractivity contribution in [2.75, 3.05) is 0 Å². The molecule has 0 aliphatic heterocycles. The van der Waals surface area contributed by atoms with Crippen LogP contribution in [0.15, 0.2) is 47.5 Å². The number of carbonyl (C=O) groups excluding carboxylic acids is 1. The molecule has 25 heavy (non-hydrogen) atoms. The monoisotopic (exact) mass is 340 g/mol. The van der Waals surface area contributed by atoms with Crippen LogP contribution < -0.4 is 11.5 Å². The first-order valence-corrected chi connectivity index (χ1v) is 7.36. The highest BCUT2D eigenvalue weighted by molar-refractivity contribution is 6.05. The third kappa shape index (κ3) is 3.16. The number of benzene rings is 2. The lowest BCUT2D eigenvalue weighted by atomic mass is 9.97. The average Bonchev–Trinajstić information content (AvgIpc) is 2.53. The zero-order chi connectivity index (χ0) is 18.1. The van der Waals surface area contributed by atoms with E-state index in [4.69, 9.17) is 11.5 Å². The van der Waals surface area contributed by atoms with E-state index in [0.717, 1.165) is 0 Å². The molecule has 126 valence electrons. The fourth-order valence-electron chi connectivity index (χ4n) is 2.63. The van der Waals surface area contributed by atoms with Gasteiger partial charge < -0.3 is 11.5 Å². The van der Waals surface area contributed by atoms with Crippen molar-refractivity contribution in [2.24, 2.45) is 16.5 Å². The van der Waals surface area contributed by atoms with Crippen molar-refractivity contribution < 1.29 is 13.6 Å². The van der Waals surface area contributed by atoms with E-state index in [9.17, 15) is 13.6 Å². The molecule has 0 radical (unpaired) electrons. The number of nitrogens with zero attached hydrogens (tertiary/aromatic N) is 2. The van der Waals surface area contributed by atoms with Crippen LogP contribution in [0, 0.1) is 18.6 Å². The normalized spacial score (nSPS) is 10.7. The Morgan fingerprint density at radius 2 is 1.76 bits per heavy atom. The summed E-state index contributed by atoms with van der Waals surface area (Å²) in [6, 6.07) is 9.77. The van der Waals surface area contributed by atoms with E-state index < -0.39 is 17.5 Å². The summed E-state index contributed by atoms with van der Waals surface area (Å²) in [6.07, 6.45) is 0. The molecule has 1 aromatic heterocycles. The number of rotatable bonds is 2. The molecule has 0 aliphatic carbocycles. The highest BCUT2D eigenvalue weighted by atomic mass is 19.1. The van der Waals surface area contributed by atoms with Gasteiger partial charge in [-0.1, -0.05) is 6.07 Å². The van der Waals surface area contributed by atoms with E-state index in [0.29, 0.717) is 22.2 Å². The summed E-state index contributed by atoms with van der Waals surface area (Å²) >= 11 is 0. The number of aryl methyl sites for hydroxylation is 1. The zero-order valence-electron chi connectivity index (χ0n) is 13.3. The van der Waals surface area contributed by atoms with Gasteiger partial charge in [0, 0.05) is 16.6 Å². The number of hydrogen-bond acceptors (Lipinski definition) is 2. The van der Waals surface area contributed by atoms with Gasteiger partial charge in [0.25, 0.3) is 5.91 Å². The van der Waals surface area contributed by atoms with Gasteiger partial charge in [-0.05, 0) is 48.9 Å². The number of amides is 1. The molecule has 0 unspecified atom stereocenters. The second-order valence-corrected chi connectivity index (χ2v) is 5.48. The first-order valence-electron chi connectivity index (χ1n) is 7.36. The maximum Gasteiger partial charge on any atom is 0.280 e. The molecule has 0 saturated carbocycles. The number of nitrogens with two attached hydrogens (primary N) is 2. The molecule has 3 aromatic rings. The molecular formula is C18H14F2N4O. The predicted molar refractivity (Wildman–Crippen MR) is 92.0 cm³/mol. The highest BCUT2D eigenvalue weighted by Crippen LogP contribution is 2.33. The Balaban J connectivity index is 2.31. The first kappa shape index (κ1) is 16.5. The van der Waals surface area contributed by atoms with Crippen LogP contribution in [0.1, 0.15) is 16.1 Å². The van der Waals surface area contributed by atoms with Gasteiger partial charge in [0.05, 0.1) is 11.1 Å². The van der Waals surface area contributed by atoms with E-state index in [1.807, 2.05) is 0 Å². The van der Waals surface area contributed by atoms with Crippen molar-refractivity contribution in [3.05, 3.63) is 65.4 Å². The minimum Gasteiger partial charge on any atom is -0.370 e. The van der Waals surface area contributed by atoms with Crippen molar-refractivity contribution in [3.63, 3.8) is 0 Å². The van der Waals surface area contributed by atoms with Gasteiger partial charge in [0.1, 0.15) is 11.6 Å². The highest BCUT2D eigenvalue weighted by Gasteiger charge is 2.16. The molecule has 0 aliphatic rings. The molecule has 1 heterocycles. The topological polar surface area (TPSA) is 94.4 Å². The molecule has 0 fully saturated rings. The van der Waals surface area contributed by atoms with Gasteiger partial charge in [0.2, 0.25) is 0 Å². The molecule has 0 saturated heterocycles. The number of halogens is 2. The maximum atomic E-state index is 14.2. The number of aromatic nitrogens is 1. The summed E-state index contributed by atoms with van der Waals surface area (Å²) in [7, 11) is 0. The molecule has 0 spiro atoms. The number of pyridine rings is 1. The smallest absolute Gasteiger partial charge is 0.280 e. The predicted octanol–water partition coefficient (Wildman–Crippen LogP) is 2.90. The van der Waals surface area contributed by atoms with Gasteiger partial charge in [-0.3, -0.25) is 9.78 Å². The van der Waals surface area contributed by atoms with E-state index in [-0.39, 0.29) is 17.1 Å². The van der Waals surface area contributed by atoms with Gasteiger partial charge in [-0.2, -0.15) is 4.99 Å². The Labute approximate surface area is 142 Å². The molecular weight excluding hydrogens is 326 g/mol. The third-order valence-electron chi connectivity index (χ3n) is 3.65. The Kier molecular flexibility index (Phi) is 4.14. The first-order chi connectivity index (χ1) is 11.9. The van der Waals surface area contributed by atoms with Crippen LogP contribution in [0.2, 0.25) is 0 Å². The molecule has 2 aromatic carbocycles. The second-order valence-electron chi connectivity index (χ2n) is 5.48. The van der Waals surface area contributed by atoms with Crippen LogP contribution >= 0.6 is 0 Å². The van der Waals surface area contributed by atoms with Crippen LogP contribution in [0.4, 0.5) is 8.78 Å². The molecule has 1 amide bonds. The van der Waals surface area contributed by atoms with Gasteiger partial charge in [0.15, 0.2) is 5.96 Å². The lowest BCUT2D eigenvalue weighted by molar-refractivity contribution is 0.100. The van der Waals surface area contributed by atoms with Crippen molar-refractivity contribution >= 4 is 22.8 Å². The third-order valence-corrected chi connectivity index (χ3v) is 3.65. The fourth-order valence-corrected chi connectivity index (χ4v) is 2.63. The number of guanidine groups is 1. The summed E-state index contributed by atoms with van der Waals surface area (Å²) < 4.78 is 28.5. The largest absolute Gasteiger partial charge is 0.370 e. The van der Waals surface area contributed by atoms with E-state index in [2.05, 4.69) is 9.98 Å². The van der Waals surface area contributed by atoms with Crippen molar-refractivity contribution in [2.45, 2.75) is 6.92 Å². The Hall–Kier alpha value is -3.35. The minimum absolute atomic E-state index is 0.176. The van der Waals surface area contributed by atoms with Crippen LogP contribution in [0.5, 0.6) is 0 Å². The summed E-state index contributed by atoms with van der Waals surface area (Å²) in [4.78, 5) is 19.8. The summed E-state index contributed by atoms with van der Waals surface area (Å²) in [5.41, 5.74) is 11.8. The minimum atomic E-state index is -0.701. The van der Waals surface area contributed by atoms with Crippen LogP contribution in [0.3, 0.4) is 0 Å². The zero-order valence-corrected chi connectivity index (χ0v) is 13.3.